The molecule has 3 aromatic heterocycles. The second-order valence-electron chi connectivity index (χ2n) is 11.2. The first kappa shape index (κ1) is 31.3. The lowest BCUT2D eigenvalue weighted by Gasteiger charge is -2.29. The van der Waals surface area contributed by atoms with Crippen LogP contribution in [0.1, 0.15) is 22.4 Å². The van der Waals surface area contributed by atoms with E-state index in [0.29, 0.717) is 41.2 Å². The van der Waals surface area contributed by atoms with Crippen molar-refractivity contribution in [2.75, 3.05) is 62.7 Å². The number of aryl methyl sites for hydroxylation is 1. The molecule has 2 N–H and O–H groups in total. The van der Waals surface area contributed by atoms with Gasteiger partial charge in [-0.2, -0.15) is 4.98 Å². The monoisotopic (exact) mass is 668 g/mol. The fourth-order valence-electron chi connectivity index (χ4n) is 5.52. The number of pyridine rings is 1. The maximum atomic E-state index is 15.2. The Balaban J connectivity index is 1.24. The fraction of sp³-hybridized carbons (Fsp3) is 0.294. The molecule has 2 saturated heterocycles. The molecular weight excluding hydrogens is 636 g/mol. The van der Waals surface area contributed by atoms with Crippen molar-refractivity contribution in [2.45, 2.75) is 17.7 Å². The molecule has 2 fully saturated rings. The van der Waals surface area contributed by atoms with Gasteiger partial charge in [-0.3, -0.25) is 9.36 Å². The highest BCUT2D eigenvalue weighted by Gasteiger charge is 2.20. The summed E-state index contributed by atoms with van der Waals surface area (Å²) < 4.78 is 25.5. The Kier molecular flexibility index (Phi) is 9.46. The van der Waals surface area contributed by atoms with Gasteiger partial charge in [0.25, 0.3) is 5.56 Å². The van der Waals surface area contributed by atoms with Crippen LogP contribution < -0.4 is 21.1 Å². The minimum absolute atomic E-state index is 0.204. The summed E-state index contributed by atoms with van der Waals surface area (Å²) in [4.78, 5) is 30.0. The molecule has 2 aliphatic rings. The molecule has 10 nitrogen and oxygen atoms in total. The number of piperazine rings is 1. The SMILES string of the molecule is Cc1ccccc1C#Cc1cc2cnc(Nc3ccc(N4CCNCC4)c(F)c3)nc2n(Cc2ncsc2SN2CCOCC2)c1=O. The number of anilines is 3. The number of halogens is 1. The summed E-state index contributed by atoms with van der Waals surface area (Å²) in [6.45, 7) is 8.32. The van der Waals surface area contributed by atoms with E-state index in [2.05, 4.69) is 36.7 Å². The molecule has 2 aromatic carbocycles. The Morgan fingerprint density at radius 1 is 1.04 bits per heavy atom. The Labute approximate surface area is 280 Å². The highest BCUT2D eigenvalue weighted by Crippen LogP contribution is 2.31. The standard InChI is InChI=1S/C34H33FN8O2S2/c1-23-4-2-3-5-24(23)6-7-25-18-26-20-37-34(39-27-8-9-30(28(35)19-27)41-12-10-36-11-13-41)40-31(26)43(32(25)44)21-29-33(46-22-38-29)47-42-14-16-45-17-15-42/h2-5,8-9,18-20,22,36H,10-17,21H2,1H3,(H,37,39,40). The van der Waals surface area contributed by atoms with Crippen molar-refractivity contribution in [3.63, 3.8) is 0 Å². The third-order valence-electron chi connectivity index (χ3n) is 8.06. The van der Waals surface area contributed by atoms with E-state index in [4.69, 9.17) is 9.72 Å². The molecule has 0 radical (unpaired) electrons. The van der Waals surface area contributed by atoms with Gasteiger partial charge >= 0.3 is 0 Å². The first-order valence-electron chi connectivity index (χ1n) is 15.5. The topological polar surface area (TPSA) is 100 Å². The molecule has 7 rings (SSSR count). The molecule has 13 heteroatoms. The molecule has 0 unspecified atom stereocenters. The van der Waals surface area contributed by atoms with E-state index in [1.54, 1.807) is 51.7 Å². The normalized spacial score (nSPS) is 15.4. The molecule has 0 amide bonds. The molecule has 5 aromatic rings. The maximum absolute atomic E-state index is 15.2. The van der Waals surface area contributed by atoms with Gasteiger partial charge in [-0.15, -0.1) is 11.3 Å². The minimum Gasteiger partial charge on any atom is -0.379 e. The third kappa shape index (κ3) is 7.17. The number of rotatable bonds is 7. The molecule has 2 aliphatic heterocycles. The Morgan fingerprint density at radius 3 is 2.66 bits per heavy atom. The molecule has 240 valence electrons. The van der Waals surface area contributed by atoms with Gasteiger partial charge in [-0.25, -0.2) is 18.7 Å². The minimum atomic E-state index is -0.319. The fourth-order valence-corrected chi connectivity index (χ4v) is 7.46. The van der Waals surface area contributed by atoms with Crippen molar-refractivity contribution < 1.29 is 9.13 Å². The predicted octanol–water partition coefficient (Wildman–Crippen LogP) is 4.64. The lowest BCUT2D eigenvalue weighted by atomic mass is 10.1. The molecule has 0 bridgehead atoms. The summed E-state index contributed by atoms with van der Waals surface area (Å²) in [5.41, 5.74) is 6.04. The number of benzene rings is 2. The summed E-state index contributed by atoms with van der Waals surface area (Å²) >= 11 is 3.18. The molecule has 0 atom stereocenters. The number of nitrogens with one attached hydrogen (secondary N) is 2. The van der Waals surface area contributed by atoms with E-state index in [9.17, 15) is 4.79 Å². The molecule has 0 saturated carbocycles. The number of fused-ring (bicyclic) bond motifs is 1. The van der Waals surface area contributed by atoms with Crippen LogP contribution in [0.5, 0.6) is 0 Å². The van der Waals surface area contributed by atoms with Crippen molar-refractivity contribution in [2.24, 2.45) is 0 Å². The number of thiazole rings is 1. The van der Waals surface area contributed by atoms with Gasteiger partial charge in [0.05, 0.1) is 42.2 Å². The Bertz CT molecular complexity index is 2030. The molecular formula is C34H33FN8O2S2. The number of hydrogen-bond acceptors (Lipinski definition) is 11. The van der Waals surface area contributed by atoms with E-state index < -0.39 is 0 Å². The van der Waals surface area contributed by atoms with E-state index in [1.807, 2.05) is 42.2 Å². The van der Waals surface area contributed by atoms with Crippen molar-refractivity contribution in [3.05, 3.63) is 98.8 Å². The van der Waals surface area contributed by atoms with Gasteiger partial charge in [0.1, 0.15) is 15.7 Å². The van der Waals surface area contributed by atoms with E-state index in [0.717, 1.165) is 60.3 Å². The van der Waals surface area contributed by atoms with Crippen LogP contribution in [0, 0.1) is 24.6 Å². The average molecular weight is 669 g/mol. The van der Waals surface area contributed by atoms with Crippen LogP contribution in [0.2, 0.25) is 0 Å². The third-order valence-corrected chi connectivity index (χ3v) is 10.3. The van der Waals surface area contributed by atoms with Gasteiger partial charge in [0.15, 0.2) is 0 Å². The van der Waals surface area contributed by atoms with E-state index in [1.165, 1.54) is 6.07 Å². The largest absolute Gasteiger partial charge is 0.379 e. The lowest BCUT2D eigenvalue weighted by Crippen LogP contribution is -2.43. The summed E-state index contributed by atoms with van der Waals surface area (Å²) in [5, 5.41) is 7.08. The molecule has 0 spiro atoms. The van der Waals surface area contributed by atoms with E-state index in [-0.39, 0.29) is 23.9 Å². The van der Waals surface area contributed by atoms with Gasteiger partial charge in [-0.1, -0.05) is 30.0 Å². The van der Waals surface area contributed by atoms with Crippen LogP contribution in [-0.4, -0.2) is 76.3 Å². The summed E-state index contributed by atoms with van der Waals surface area (Å²) in [6.07, 6.45) is 1.66. The number of nitrogens with zero attached hydrogens (tertiary/aromatic N) is 6. The highest BCUT2D eigenvalue weighted by molar-refractivity contribution is 7.99. The van der Waals surface area contributed by atoms with Crippen molar-refractivity contribution in [1.29, 1.82) is 0 Å². The predicted molar refractivity (Wildman–Crippen MR) is 185 cm³/mol. The van der Waals surface area contributed by atoms with Crippen LogP contribution in [0.15, 0.2) is 69.2 Å². The van der Waals surface area contributed by atoms with Crippen LogP contribution in [0.4, 0.5) is 21.7 Å². The lowest BCUT2D eigenvalue weighted by molar-refractivity contribution is 0.0773. The van der Waals surface area contributed by atoms with Crippen molar-refractivity contribution in [1.82, 2.24) is 29.1 Å². The van der Waals surface area contributed by atoms with Gasteiger partial charge in [-0.05, 0) is 54.8 Å². The number of ether oxygens (including phenoxy) is 1. The zero-order chi connectivity index (χ0) is 32.2. The van der Waals surface area contributed by atoms with Crippen LogP contribution >= 0.6 is 23.3 Å². The summed E-state index contributed by atoms with van der Waals surface area (Å²) in [7, 11) is 0. The second-order valence-corrected chi connectivity index (χ2v) is 13.5. The molecule has 47 heavy (non-hydrogen) atoms. The summed E-state index contributed by atoms with van der Waals surface area (Å²) in [6, 6.07) is 14.6. The second kappa shape index (κ2) is 14.2. The maximum Gasteiger partial charge on any atom is 0.268 e. The molecule has 5 heterocycles. The van der Waals surface area contributed by atoms with Crippen LogP contribution in [-0.2, 0) is 11.3 Å². The number of morpholine rings is 1. The van der Waals surface area contributed by atoms with Gasteiger partial charge in [0, 0.05) is 62.1 Å². The van der Waals surface area contributed by atoms with Gasteiger partial charge < -0.3 is 20.3 Å². The first-order valence-corrected chi connectivity index (χ1v) is 17.1. The Morgan fingerprint density at radius 2 is 1.85 bits per heavy atom. The number of hydrogen-bond donors (Lipinski definition) is 2. The average Bonchev–Trinajstić information content (AvgIpc) is 3.53. The quantitative estimate of drug-likeness (QED) is 0.189. The first-order chi connectivity index (χ1) is 23.0. The van der Waals surface area contributed by atoms with E-state index >= 15 is 4.39 Å². The molecule has 0 aliphatic carbocycles. The van der Waals surface area contributed by atoms with Crippen LogP contribution in [0.25, 0.3) is 11.0 Å². The van der Waals surface area contributed by atoms with Crippen molar-refractivity contribution >= 4 is 51.6 Å². The van der Waals surface area contributed by atoms with Crippen molar-refractivity contribution in [3.8, 4) is 11.8 Å². The smallest absolute Gasteiger partial charge is 0.268 e. The highest BCUT2D eigenvalue weighted by atomic mass is 32.2. The number of aromatic nitrogens is 4. The zero-order valence-corrected chi connectivity index (χ0v) is 27.5. The summed E-state index contributed by atoms with van der Waals surface area (Å²) in [5.74, 6) is 6.21. The zero-order valence-electron chi connectivity index (χ0n) is 25.8. The van der Waals surface area contributed by atoms with Crippen LogP contribution in [0.3, 0.4) is 0 Å². The van der Waals surface area contributed by atoms with Gasteiger partial charge in [0.2, 0.25) is 5.95 Å². The Hall–Kier alpha value is -4.32.